The first-order valence-corrected chi connectivity index (χ1v) is 9.87. The summed E-state index contributed by atoms with van der Waals surface area (Å²) in [6.07, 6.45) is 1.56. The van der Waals surface area contributed by atoms with Crippen molar-refractivity contribution in [3.63, 3.8) is 0 Å². The molecule has 0 saturated heterocycles. The molecule has 7 heteroatoms. The van der Waals surface area contributed by atoms with Crippen LogP contribution in [0.5, 0.6) is 11.5 Å². The lowest BCUT2D eigenvalue weighted by Gasteiger charge is -2.08. The van der Waals surface area contributed by atoms with Gasteiger partial charge in [-0.15, -0.1) is 0 Å². The number of hydrogen-bond acceptors (Lipinski definition) is 6. The number of methoxy groups -OCH3 is 1. The van der Waals surface area contributed by atoms with Crippen LogP contribution in [0.25, 0.3) is 11.0 Å². The lowest BCUT2D eigenvalue weighted by atomic mass is 10.1. The summed E-state index contributed by atoms with van der Waals surface area (Å²) in [5, 5.41) is 3.57. The van der Waals surface area contributed by atoms with Gasteiger partial charge in [0.05, 0.1) is 32.2 Å². The van der Waals surface area contributed by atoms with Gasteiger partial charge in [0.2, 0.25) is 5.55 Å². The van der Waals surface area contributed by atoms with Crippen molar-refractivity contribution < 1.29 is 23.1 Å². The van der Waals surface area contributed by atoms with E-state index in [1.807, 2.05) is 31.2 Å². The predicted octanol–water partition coefficient (Wildman–Crippen LogP) is 4.60. The van der Waals surface area contributed by atoms with E-state index >= 15 is 0 Å². The number of nitrogens with one attached hydrogen (secondary N) is 1. The molecule has 1 amide bonds. The molecule has 31 heavy (non-hydrogen) atoms. The molecule has 4 rings (SSSR count). The van der Waals surface area contributed by atoms with Gasteiger partial charge in [-0.3, -0.25) is 4.79 Å². The number of furan rings is 1. The van der Waals surface area contributed by atoms with Crippen molar-refractivity contribution in [2.24, 2.45) is 4.99 Å². The molecule has 2 aromatic carbocycles. The van der Waals surface area contributed by atoms with Crippen molar-refractivity contribution in [1.29, 1.82) is 0 Å². The number of nitrogens with zero attached hydrogens (tertiary/aromatic N) is 1. The Morgan fingerprint density at radius 3 is 2.65 bits per heavy atom. The second-order valence-electron chi connectivity index (χ2n) is 6.64. The van der Waals surface area contributed by atoms with Crippen LogP contribution in [0.3, 0.4) is 0 Å². The summed E-state index contributed by atoms with van der Waals surface area (Å²) in [7, 11) is 1.57. The Balaban J connectivity index is 1.78. The number of fused-ring (bicyclic) bond motifs is 1. The lowest BCUT2D eigenvalue weighted by molar-refractivity contribution is 0.0944. The highest BCUT2D eigenvalue weighted by Crippen LogP contribution is 2.25. The molecule has 7 nitrogen and oxygen atoms in total. The lowest BCUT2D eigenvalue weighted by Crippen LogP contribution is -2.28. The minimum Gasteiger partial charge on any atom is -0.494 e. The number of amides is 1. The van der Waals surface area contributed by atoms with Crippen LogP contribution in [-0.2, 0) is 6.54 Å². The van der Waals surface area contributed by atoms with Gasteiger partial charge in [0.25, 0.3) is 5.91 Å². The van der Waals surface area contributed by atoms with Crippen LogP contribution in [0.15, 0.2) is 80.8 Å². The molecule has 1 N–H and O–H groups in total. The standard InChI is InChI=1S/C24H22N2O5/c1-3-29-18-11-9-17(10-12-18)26-24-20(23(27)25-15-19-7-5-13-30-19)14-16-6-4-8-21(28-2)22(16)31-24/h4-14H,3,15H2,1-2H3,(H,25,27). The number of carbonyl (C=O) groups is 1. The number of para-hydroxylation sites is 1. The second-order valence-corrected chi connectivity index (χ2v) is 6.64. The Kier molecular flexibility index (Phi) is 6.03. The average molecular weight is 418 g/mol. The Hall–Kier alpha value is -4.00. The van der Waals surface area contributed by atoms with E-state index in [1.54, 1.807) is 49.8 Å². The first-order valence-electron chi connectivity index (χ1n) is 9.87. The van der Waals surface area contributed by atoms with Gasteiger partial charge in [-0.05, 0) is 55.5 Å². The van der Waals surface area contributed by atoms with Crippen LogP contribution in [-0.4, -0.2) is 19.6 Å². The van der Waals surface area contributed by atoms with E-state index in [2.05, 4.69) is 10.3 Å². The highest BCUT2D eigenvalue weighted by atomic mass is 16.5. The maximum Gasteiger partial charge on any atom is 0.257 e. The first kappa shape index (κ1) is 20.3. The molecule has 0 atom stereocenters. The molecule has 0 aliphatic heterocycles. The fraction of sp³-hybridized carbons (Fsp3) is 0.167. The summed E-state index contributed by atoms with van der Waals surface area (Å²) in [5.74, 6) is 1.63. The summed E-state index contributed by atoms with van der Waals surface area (Å²) < 4.78 is 22.2. The van der Waals surface area contributed by atoms with E-state index in [4.69, 9.17) is 18.3 Å². The Morgan fingerprint density at radius 1 is 1.10 bits per heavy atom. The number of benzene rings is 2. The highest BCUT2D eigenvalue weighted by molar-refractivity contribution is 5.97. The van der Waals surface area contributed by atoms with Gasteiger partial charge >= 0.3 is 0 Å². The second kappa shape index (κ2) is 9.21. The molecule has 0 spiro atoms. The molecular weight excluding hydrogens is 396 g/mol. The third-order valence-corrected chi connectivity index (χ3v) is 4.58. The zero-order valence-corrected chi connectivity index (χ0v) is 17.3. The maximum atomic E-state index is 13.0. The fourth-order valence-corrected chi connectivity index (χ4v) is 3.11. The van der Waals surface area contributed by atoms with Gasteiger partial charge in [0.1, 0.15) is 17.1 Å². The van der Waals surface area contributed by atoms with E-state index < -0.39 is 0 Å². The van der Waals surface area contributed by atoms with Gasteiger partial charge < -0.3 is 23.6 Å². The topological polar surface area (TPSA) is 86.2 Å². The average Bonchev–Trinajstić information content (AvgIpc) is 3.32. The summed E-state index contributed by atoms with van der Waals surface area (Å²) in [5.41, 5.74) is 1.62. The third-order valence-electron chi connectivity index (χ3n) is 4.58. The number of ether oxygens (including phenoxy) is 2. The molecule has 0 aliphatic carbocycles. The van der Waals surface area contributed by atoms with Crippen LogP contribution in [0, 0.1) is 0 Å². The van der Waals surface area contributed by atoms with Crippen LogP contribution >= 0.6 is 0 Å². The first-order chi connectivity index (χ1) is 15.2. The zero-order chi connectivity index (χ0) is 21.6. The van der Waals surface area contributed by atoms with E-state index in [9.17, 15) is 4.79 Å². The van der Waals surface area contributed by atoms with Gasteiger partial charge in [-0.25, -0.2) is 4.99 Å². The van der Waals surface area contributed by atoms with Gasteiger partial charge in [-0.2, -0.15) is 0 Å². The smallest absolute Gasteiger partial charge is 0.257 e. The molecule has 0 saturated carbocycles. The van der Waals surface area contributed by atoms with Crippen molar-refractivity contribution in [3.8, 4) is 11.5 Å². The molecule has 4 aromatic rings. The van der Waals surface area contributed by atoms with E-state index in [0.717, 1.165) is 11.1 Å². The van der Waals surface area contributed by atoms with Crippen LogP contribution < -0.4 is 20.3 Å². The molecular formula is C24H22N2O5. The maximum absolute atomic E-state index is 13.0. The van der Waals surface area contributed by atoms with E-state index in [0.29, 0.717) is 35.0 Å². The van der Waals surface area contributed by atoms with Crippen LogP contribution in [0.2, 0.25) is 0 Å². The third kappa shape index (κ3) is 4.61. The monoisotopic (exact) mass is 418 g/mol. The summed E-state index contributed by atoms with van der Waals surface area (Å²) in [6.45, 7) is 2.76. The fourth-order valence-electron chi connectivity index (χ4n) is 3.11. The quantitative estimate of drug-likeness (QED) is 0.474. The number of hydrogen-bond donors (Lipinski definition) is 1. The molecule has 0 radical (unpaired) electrons. The normalized spacial score (nSPS) is 11.5. The molecule has 158 valence electrons. The Bertz CT molecular complexity index is 1240. The van der Waals surface area contributed by atoms with Crippen molar-refractivity contribution in [3.05, 3.63) is 83.8 Å². The Labute approximate surface area is 178 Å². The van der Waals surface area contributed by atoms with Crippen LogP contribution in [0.4, 0.5) is 5.69 Å². The highest BCUT2D eigenvalue weighted by Gasteiger charge is 2.15. The summed E-state index contributed by atoms with van der Waals surface area (Å²) in [4.78, 5) is 17.5. The number of carbonyl (C=O) groups excluding carboxylic acids is 1. The summed E-state index contributed by atoms with van der Waals surface area (Å²) in [6, 6.07) is 18.0. The van der Waals surface area contributed by atoms with Gasteiger partial charge in [0.15, 0.2) is 11.3 Å². The molecule has 0 aliphatic rings. The molecule has 0 bridgehead atoms. The van der Waals surface area contributed by atoms with Crippen molar-refractivity contribution in [1.82, 2.24) is 5.32 Å². The Morgan fingerprint density at radius 2 is 1.94 bits per heavy atom. The van der Waals surface area contributed by atoms with Crippen molar-refractivity contribution in [2.45, 2.75) is 13.5 Å². The van der Waals surface area contributed by atoms with Crippen molar-refractivity contribution >= 4 is 22.6 Å². The van der Waals surface area contributed by atoms with Gasteiger partial charge in [0, 0.05) is 5.39 Å². The molecule has 0 fully saturated rings. The van der Waals surface area contributed by atoms with E-state index in [-0.39, 0.29) is 18.0 Å². The minimum atomic E-state index is -0.324. The molecule has 2 aromatic heterocycles. The van der Waals surface area contributed by atoms with E-state index in [1.165, 1.54) is 0 Å². The molecule has 2 heterocycles. The van der Waals surface area contributed by atoms with Crippen molar-refractivity contribution in [2.75, 3.05) is 13.7 Å². The number of rotatable bonds is 7. The SMILES string of the molecule is CCOc1ccc(N=c2oc3c(OC)cccc3cc2C(=O)NCc2ccco2)cc1. The molecule has 0 unspecified atom stereocenters. The predicted molar refractivity (Wildman–Crippen MR) is 115 cm³/mol. The minimum absolute atomic E-state index is 0.179. The zero-order valence-electron chi connectivity index (χ0n) is 17.3. The van der Waals surface area contributed by atoms with Crippen LogP contribution in [0.1, 0.15) is 23.0 Å². The largest absolute Gasteiger partial charge is 0.494 e. The summed E-state index contributed by atoms with van der Waals surface area (Å²) >= 11 is 0. The van der Waals surface area contributed by atoms with Gasteiger partial charge in [-0.1, -0.05) is 12.1 Å².